The van der Waals surface area contributed by atoms with Crippen molar-refractivity contribution in [3.8, 4) is 5.75 Å². The number of amides is 1. The molecule has 0 aromatic heterocycles. The number of hydrogen-bond acceptors (Lipinski definition) is 2. The number of carbonyl (C=O) groups excluding carboxylic acids is 1. The van der Waals surface area contributed by atoms with Gasteiger partial charge in [-0.15, -0.1) is 0 Å². The fourth-order valence-electron chi connectivity index (χ4n) is 1.67. The minimum Gasteiger partial charge on any atom is -0.481 e. The van der Waals surface area contributed by atoms with Gasteiger partial charge < -0.3 is 10.1 Å². The van der Waals surface area contributed by atoms with E-state index >= 15 is 0 Å². The van der Waals surface area contributed by atoms with Gasteiger partial charge in [-0.05, 0) is 32.4 Å². The lowest BCUT2D eigenvalue weighted by Gasteiger charge is -2.18. The van der Waals surface area contributed by atoms with Gasteiger partial charge in [0.2, 0.25) is 0 Å². The van der Waals surface area contributed by atoms with Crippen LogP contribution in [0.2, 0.25) is 5.02 Å². The van der Waals surface area contributed by atoms with Gasteiger partial charge in [-0.3, -0.25) is 4.79 Å². The van der Waals surface area contributed by atoms with Crippen LogP contribution in [0, 0.1) is 5.82 Å². The molecule has 2 atom stereocenters. The van der Waals surface area contributed by atoms with E-state index in [9.17, 15) is 9.18 Å². The van der Waals surface area contributed by atoms with E-state index < -0.39 is 11.9 Å². The van der Waals surface area contributed by atoms with Crippen LogP contribution in [0.3, 0.4) is 0 Å². The Hall–Kier alpha value is -1.29. The van der Waals surface area contributed by atoms with Crippen LogP contribution in [0.5, 0.6) is 5.75 Å². The van der Waals surface area contributed by atoms with E-state index in [-0.39, 0.29) is 22.7 Å². The van der Waals surface area contributed by atoms with E-state index in [2.05, 4.69) is 12.2 Å². The van der Waals surface area contributed by atoms with Gasteiger partial charge in [-0.25, -0.2) is 4.39 Å². The number of nitrogens with one attached hydrogen (secondary N) is 1. The summed E-state index contributed by atoms with van der Waals surface area (Å²) in [5.41, 5.74) is 0. The second-order valence-corrected chi connectivity index (χ2v) is 4.94. The van der Waals surface area contributed by atoms with Gasteiger partial charge in [0.05, 0.1) is 5.02 Å². The third-order valence-corrected chi connectivity index (χ3v) is 2.99. The predicted molar refractivity (Wildman–Crippen MR) is 74.0 cm³/mol. The van der Waals surface area contributed by atoms with Crippen LogP contribution >= 0.6 is 11.6 Å². The predicted octanol–water partition coefficient (Wildman–Crippen LogP) is 3.55. The minimum absolute atomic E-state index is 0.0287. The molecule has 106 valence electrons. The molecule has 0 aliphatic carbocycles. The zero-order valence-electron chi connectivity index (χ0n) is 11.4. The summed E-state index contributed by atoms with van der Waals surface area (Å²) in [6.07, 6.45) is 1.23. The van der Waals surface area contributed by atoms with Crippen molar-refractivity contribution in [3.63, 3.8) is 0 Å². The second kappa shape index (κ2) is 7.34. The monoisotopic (exact) mass is 287 g/mol. The zero-order chi connectivity index (χ0) is 14.4. The SMILES string of the molecule is CCCC(C)NC(=O)C(C)Oc1ccc(Cl)c(F)c1. The highest BCUT2D eigenvalue weighted by Crippen LogP contribution is 2.21. The Morgan fingerprint density at radius 2 is 2.16 bits per heavy atom. The van der Waals surface area contributed by atoms with Gasteiger partial charge in [-0.2, -0.15) is 0 Å². The highest BCUT2D eigenvalue weighted by molar-refractivity contribution is 6.30. The lowest BCUT2D eigenvalue weighted by atomic mass is 10.2. The quantitative estimate of drug-likeness (QED) is 0.869. The van der Waals surface area contributed by atoms with E-state index in [1.807, 2.05) is 6.92 Å². The average Bonchev–Trinajstić information content (AvgIpc) is 2.34. The maximum Gasteiger partial charge on any atom is 0.260 e. The molecule has 2 unspecified atom stereocenters. The first-order valence-electron chi connectivity index (χ1n) is 6.36. The molecule has 0 saturated carbocycles. The summed E-state index contributed by atoms with van der Waals surface area (Å²) >= 11 is 5.57. The number of rotatable bonds is 6. The summed E-state index contributed by atoms with van der Waals surface area (Å²) in [6.45, 7) is 5.62. The fourth-order valence-corrected chi connectivity index (χ4v) is 1.79. The van der Waals surface area contributed by atoms with Crippen molar-refractivity contribution in [2.75, 3.05) is 0 Å². The maximum absolute atomic E-state index is 13.2. The molecule has 0 saturated heterocycles. The molecule has 0 fully saturated rings. The molecular weight excluding hydrogens is 269 g/mol. The molecule has 1 N–H and O–H groups in total. The molecule has 5 heteroatoms. The first-order chi connectivity index (χ1) is 8.93. The molecule has 0 aliphatic heterocycles. The van der Waals surface area contributed by atoms with Crippen molar-refractivity contribution in [2.45, 2.75) is 45.8 Å². The molecule has 0 heterocycles. The Kier molecular flexibility index (Phi) is 6.09. The average molecular weight is 288 g/mol. The van der Waals surface area contributed by atoms with E-state index in [4.69, 9.17) is 16.3 Å². The van der Waals surface area contributed by atoms with E-state index in [0.717, 1.165) is 12.8 Å². The van der Waals surface area contributed by atoms with Crippen LogP contribution in [0.15, 0.2) is 18.2 Å². The molecular formula is C14H19ClFNO2. The molecule has 1 aromatic carbocycles. The first kappa shape index (κ1) is 15.8. The molecule has 1 amide bonds. The smallest absolute Gasteiger partial charge is 0.260 e. The zero-order valence-corrected chi connectivity index (χ0v) is 12.1. The van der Waals surface area contributed by atoms with Gasteiger partial charge in [0.25, 0.3) is 5.91 Å². The van der Waals surface area contributed by atoms with Crippen molar-refractivity contribution in [3.05, 3.63) is 29.0 Å². The normalized spacial score (nSPS) is 13.7. The maximum atomic E-state index is 13.2. The summed E-state index contributed by atoms with van der Waals surface area (Å²) < 4.78 is 18.6. The van der Waals surface area contributed by atoms with Crippen LogP contribution in [0.1, 0.15) is 33.6 Å². The third-order valence-electron chi connectivity index (χ3n) is 2.68. The Labute approximate surface area is 118 Å². The molecule has 3 nitrogen and oxygen atoms in total. The molecule has 19 heavy (non-hydrogen) atoms. The Morgan fingerprint density at radius 3 is 2.74 bits per heavy atom. The van der Waals surface area contributed by atoms with Crippen LogP contribution < -0.4 is 10.1 Å². The highest BCUT2D eigenvalue weighted by Gasteiger charge is 2.17. The number of ether oxygens (including phenoxy) is 1. The van der Waals surface area contributed by atoms with Gasteiger partial charge in [0.15, 0.2) is 6.10 Å². The van der Waals surface area contributed by atoms with E-state index in [1.165, 1.54) is 18.2 Å². The first-order valence-corrected chi connectivity index (χ1v) is 6.74. The second-order valence-electron chi connectivity index (χ2n) is 4.53. The van der Waals surface area contributed by atoms with Crippen molar-refractivity contribution in [1.29, 1.82) is 0 Å². The Morgan fingerprint density at radius 1 is 1.47 bits per heavy atom. The number of hydrogen-bond donors (Lipinski definition) is 1. The largest absolute Gasteiger partial charge is 0.481 e. The minimum atomic E-state index is -0.681. The number of halogens is 2. The summed E-state index contributed by atoms with van der Waals surface area (Å²) in [5.74, 6) is -0.491. The standard InChI is InChI=1S/C14H19ClFNO2/c1-4-5-9(2)17-14(18)10(3)19-11-6-7-12(15)13(16)8-11/h6-10H,4-5H2,1-3H3,(H,17,18). The molecule has 0 radical (unpaired) electrons. The van der Waals surface area contributed by atoms with Crippen molar-refractivity contribution in [1.82, 2.24) is 5.32 Å². The van der Waals surface area contributed by atoms with E-state index in [0.29, 0.717) is 0 Å². The van der Waals surface area contributed by atoms with Gasteiger partial charge in [0, 0.05) is 12.1 Å². The van der Waals surface area contributed by atoms with Gasteiger partial charge in [-0.1, -0.05) is 24.9 Å². The highest BCUT2D eigenvalue weighted by atomic mass is 35.5. The fraction of sp³-hybridized carbons (Fsp3) is 0.500. The van der Waals surface area contributed by atoms with Crippen LogP contribution in [0.4, 0.5) is 4.39 Å². The summed E-state index contributed by atoms with van der Waals surface area (Å²) in [5, 5.41) is 2.87. The summed E-state index contributed by atoms with van der Waals surface area (Å²) in [7, 11) is 0. The van der Waals surface area contributed by atoms with Gasteiger partial charge >= 0.3 is 0 Å². The van der Waals surface area contributed by atoms with Crippen LogP contribution in [-0.2, 0) is 4.79 Å². The lowest BCUT2D eigenvalue weighted by molar-refractivity contribution is -0.127. The van der Waals surface area contributed by atoms with Crippen molar-refractivity contribution < 1.29 is 13.9 Å². The number of benzene rings is 1. The number of carbonyl (C=O) groups is 1. The summed E-state index contributed by atoms with van der Waals surface area (Å²) in [4.78, 5) is 11.8. The Balaban J connectivity index is 2.56. The van der Waals surface area contributed by atoms with Crippen molar-refractivity contribution in [2.24, 2.45) is 0 Å². The van der Waals surface area contributed by atoms with Crippen LogP contribution in [-0.4, -0.2) is 18.1 Å². The third kappa shape index (κ3) is 5.07. The van der Waals surface area contributed by atoms with E-state index in [1.54, 1.807) is 6.92 Å². The van der Waals surface area contributed by atoms with Crippen LogP contribution in [0.25, 0.3) is 0 Å². The molecule has 1 rings (SSSR count). The lowest BCUT2D eigenvalue weighted by Crippen LogP contribution is -2.41. The molecule has 0 aliphatic rings. The Bertz CT molecular complexity index is 439. The summed E-state index contributed by atoms with van der Waals surface area (Å²) in [6, 6.07) is 4.20. The molecule has 0 bridgehead atoms. The molecule has 0 spiro atoms. The van der Waals surface area contributed by atoms with Gasteiger partial charge in [0.1, 0.15) is 11.6 Å². The topological polar surface area (TPSA) is 38.3 Å². The molecule has 1 aromatic rings. The van der Waals surface area contributed by atoms with Crippen molar-refractivity contribution >= 4 is 17.5 Å².